The van der Waals surface area contributed by atoms with Gasteiger partial charge in [-0.1, -0.05) is 55.5 Å². The molecule has 0 saturated heterocycles. The molecule has 0 fully saturated rings. The number of benzene rings is 3. The molecule has 4 nitrogen and oxygen atoms in total. The van der Waals surface area contributed by atoms with Crippen LogP contribution in [0.4, 0.5) is 5.69 Å². The summed E-state index contributed by atoms with van der Waals surface area (Å²) < 4.78 is 11.1. The van der Waals surface area contributed by atoms with Gasteiger partial charge in [-0.15, -0.1) is 0 Å². The number of nitrogens with one attached hydrogen (secondary N) is 1. The molecule has 0 bridgehead atoms. The molecule has 3 aromatic carbocycles. The Bertz CT molecular complexity index is 959. The summed E-state index contributed by atoms with van der Waals surface area (Å²) in [4.78, 5) is 12.8. The predicted molar refractivity (Wildman–Crippen MR) is 122 cm³/mol. The maximum absolute atomic E-state index is 12.8. The van der Waals surface area contributed by atoms with Crippen molar-refractivity contribution in [2.45, 2.75) is 39.4 Å². The highest BCUT2D eigenvalue weighted by atomic mass is 16.5. The van der Waals surface area contributed by atoms with E-state index in [0.29, 0.717) is 12.4 Å². The van der Waals surface area contributed by atoms with Crippen molar-refractivity contribution in [2.75, 3.05) is 12.4 Å². The molecule has 0 aliphatic rings. The molecule has 3 rings (SSSR count). The van der Waals surface area contributed by atoms with Gasteiger partial charge >= 0.3 is 0 Å². The molecule has 0 atom stereocenters. The summed E-state index contributed by atoms with van der Waals surface area (Å²) in [5.74, 6) is 0.485. The minimum Gasteiger partial charge on any atom is -0.478 e. The lowest BCUT2D eigenvalue weighted by Crippen LogP contribution is -2.42. The van der Waals surface area contributed by atoms with Crippen LogP contribution in [0.3, 0.4) is 0 Å². The van der Waals surface area contributed by atoms with Crippen molar-refractivity contribution in [3.8, 4) is 16.9 Å². The molecule has 0 aromatic heterocycles. The van der Waals surface area contributed by atoms with Crippen molar-refractivity contribution in [1.82, 2.24) is 0 Å². The lowest BCUT2D eigenvalue weighted by Gasteiger charge is -2.25. The van der Waals surface area contributed by atoms with Crippen LogP contribution in [0.15, 0.2) is 72.8 Å². The van der Waals surface area contributed by atoms with Gasteiger partial charge in [-0.25, -0.2) is 0 Å². The van der Waals surface area contributed by atoms with Crippen LogP contribution < -0.4 is 10.1 Å². The van der Waals surface area contributed by atoms with Crippen molar-refractivity contribution in [1.29, 1.82) is 0 Å². The molecule has 0 spiro atoms. The SMILES string of the molecule is CCc1ccc(OC(C)(C)C(=O)Nc2ccc(-c3ccc(COC)cc3)cc2)cc1. The molecule has 1 N–H and O–H groups in total. The first kappa shape index (κ1) is 21.6. The van der Waals surface area contributed by atoms with Gasteiger partial charge in [-0.2, -0.15) is 0 Å². The molecule has 0 radical (unpaired) electrons. The predicted octanol–water partition coefficient (Wildman–Crippen LogP) is 5.86. The van der Waals surface area contributed by atoms with E-state index in [-0.39, 0.29) is 5.91 Å². The van der Waals surface area contributed by atoms with Crippen LogP contribution in [0.25, 0.3) is 11.1 Å². The summed E-state index contributed by atoms with van der Waals surface area (Å²) in [6.07, 6.45) is 0.970. The number of aryl methyl sites for hydroxylation is 1. The van der Waals surface area contributed by atoms with Crippen LogP contribution in [0.5, 0.6) is 5.75 Å². The normalized spacial score (nSPS) is 11.2. The van der Waals surface area contributed by atoms with Crippen molar-refractivity contribution in [3.05, 3.63) is 83.9 Å². The van der Waals surface area contributed by atoms with Crippen molar-refractivity contribution >= 4 is 11.6 Å². The average molecular weight is 404 g/mol. The van der Waals surface area contributed by atoms with Gasteiger partial charge in [0.2, 0.25) is 0 Å². The smallest absolute Gasteiger partial charge is 0.267 e. The number of ether oxygens (including phenoxy) is 2. The molecule has 3 aromatic rings. The summed E-state index contributed by atoms with van der Waals surface area (Å²) in [7, 11) is 1.69. The van der Waals surface area contributed by atoms with Crippen LogP contribution in [-0.4, -0.2) is 18.6 Å². The Hall–Kier alpha value is -3.11. The van der Waals surface area contributed by atoms with Gasteiger partial charge in [-0.3, -0.25) is 4.79 Å². The summed E-state index contributed by atoms with van der Waals surface area (Å²) >= 11 is 0. The van der Waals surface area contributed by atoms with Crippen LogP contribution in [0.1, 0.15) is 31.9 Å². The number of carbonyl (C=O) groups is 1. The minimum atomic E-state index is -0.996. The van der Waals surface area contributed by atoms with E-state index in [9.17, 15) is 4.79 Å². The highest BCUT2D eigenvalue weighted by molar-refractivity contribution is 5.97. The Morgan fingerprint density at radius 3 is 1.90 bits per heavy atom. The first-order valence-corrected chi connectivity index (χ1v) is 10.2. The van der Waals surface area contributed by atoms with Crippen molar-refractivity contribution in [3.63, 3.8) is 0 Å². The number of methoxy groups -OCH3 is 1. The molecule has 0 unspecified atom stereocenters. The number of amides is 1. The molecule has 30 heavy (non-hydrogen) atoms. The third-order valence-electron chi connectivity index (χ3n) is 4.99. The van der Waals surface area contributed by atoms with Crippen molar-refractivity contribution < 1.29 is 14.3 Å². The maximum Gasteiger partial charge on any atom is 0.267 e. The topological polar surface area (TPSA) is 47.6 Å². The van der Waals surface area contributed by atoms with Crippen LogP contribution in [0.2, 0.25) is 0 Å². The first-order valence-electron chi connectivity index (χ1n) is 10.2. The van der Waals surface area contributed by atoms with Gasteiger partial charge in [0.25, 0.3) is 5.91 Å². The molecular weight excluding hydrogens is 374 g/mol. The molecular formula is C26H29NO3. The molecule has 156 valence electrons. The van der Waals surface area contributed by atoms with Gasteiger partial charge in [-0.05, 0) is 66.8 Å². The quantitative estimate of drug-likeness (QED) is 0.512. The Balaban J connectivity index is 1.63. The fourth-order valence-corrected chi connectivity index (χ4v) is 3.12. The molecule has 0 aliphatic heterocycles. The molecule has 4 heteroatoms. The van der Waals surface area contributed by atoms with Gasteiger partial charge < -0.3 is 14.8 Å². The zero-order valence-corrected chi connectivity index (χ0v) is 18.1. The number of rotatable bonds is 8. The summed E-state index contributed by atoms with van der Waals surface area (Å²) in [6.45, 7) is 6.25. The number of hydrogen-bond donors (Lipinski definition) is 1. The monoisotopic (exact) mass is 403 g/mol. The number of anilines is 1. The highest BCUT2D eigenvalue weighted by Crippen LogP contribution is 2.24. The Morgan fingerprint density at radius 2 is 1.37 bits per heavy atom. The summed E-state index contributed by atoms with van der Waals surface area (Å²) in [6, 6.07) is 23.9. The fourth-order valence-electron chi connectivity index (χ4n) is 3.12. The van der Waals surface area contributed by atoms with Crippen LogP contribution in [-0.2, 0) is 22.6 Å². The van der Waals surface area contributed by atoms with Crippen LogP contribution >= 0.6 is 0 Å². The zero-order chi connectivity index (χ0) is 21.6. The van der Waals surface area contributed by atoms with Gasteiger partial charge in [0, 0.05) is 12.8 Å². The van der Waals surface area contributed by atoms with E-state index in [1.165, 1.54) is 5.56 Å². The van der Waals surface area contributed by atoms with E-state index in [1.807, 2.05) is 48.5 Å². The summed E-state index contributed by atoms with van der Waals surface area (Å²) in [5, 5.41) is 2.95. The minimum absolute atomic E-state index is 0.196. The highest BCUT2D eigenvalue weighted by Gasteiger charge is 2.30. The van der Waals surface area contributed by atoms with E-state index in [1.54, 1.807) is 21.0 Å². The van der Waals surface area contributed by atoms with E-state index < -0.39 is 5.60 Å². The van der Waals surface area contributed by atoms with E-state index >= 15 is 0 Å². The zero-order valence-electron chi connectivity index (χ0n) is 18.1. The standard InChI is InChI=1S/C26H29NO3/c1-5-19-8-16-24(17-9-19)30-26(2,3)25(28)27-23-14-12-22(13-15-23)21-10-6-20(7-11-21)18-29-4/h6-17H,5,18H2,1-4H3,(H,27,28). The number of carbonyl (C=O) groups excluding carboxylic acids is 1. The third-order valence-corrected chi connectivity index (χ3v) is 4.99. The van der Waals surface area contributed by atoms with Gasteiger partial charge in [0.05, 0.1) is 6.61 Å². The van der Waals surface area contributed by atoms with Crippen molar-refractivity contribution in [2.24, 2.45) is 0 Å². The van der Waals surface area contributed by atoms with E-state index in [4.69, 9.17) is 9.47 Å². The lowest BCUT2D eigenvalue weighted by molar-refractivity contribution is -0.128. The third kappa shape index (κ3) is 5.49. The molecule has 0 heterocycles. The maximum atomic E-state index is 12.8. The van der Waals surface area contributed by atoms with Gasteiger partial charge in [0.1, 0.15) is 5.75 Å². The van der Waals surface area contributed by atoms with E-state index in [0.717, 1.165) is 28.8 Å². The van der Waals surface area contributed by atoms with Gasteiger partial charge in [0.15, 0.2) is 5.60 Å². The number of hydrogen-bond acceptors (Lipinski definition) is 3. The lowest BCUT2D eigenvalue weighted by atomic mass is 10.0. The second kappa shape index (κ2) is 9.59. The first-order chi connectivity index (χ1) is 14.4. The van der Waals surface area contributed by atoms with E-state index in [2.05, 4.69) is 36.5 Å². The Morgan fingerprint density at radius 1 is 0.833 bits per heavy atom. The second-order valence-corrected chi connectivity index (χ2v) is 7.77. The largest absolute Gasteiger partial charge is 0.478 e. The average Bonchev–Trinajstić information content (AvgIpc) is 2.75. The molecule has 1 amide bonds. The fraction of sp³-hybridized carbons (Fsp3) is 0.269. The Kier molecular flexibility index (Phi) is 6.91. The molecule has 0 saturated carbocycles. The van der Waals surface area contributed by atoms with Crippen LogP contribution in [0, 0.1) is 0 Å². The summed E-state index contributed by atoms with van der Waals surface area (Å²) in [5.41, 5.74) is 4.31. The molecule has 0 aliphatic carbocycles. The second-order valence-electron chi connectivity index (χ2n) is 7.77. The Labute approximate surface area is 178 Å².